The first-order chi connectivity index (χ1) is 5.79. The molecular formula is C9H15BNO3. The highest BCUT2D eigenvalue weighted by atomic mass is 16.1. The second-order valence-electron chi connectivity index (χ2n) is 2.55. The summed E-state index contributed by atoms with van der Waals surface area (Å²) in [5.41, 5.74) is 1.13. The first-order valence-electron chi connectivity index (χ1n) is 3.92. The van der Waals surface area contributed by atoms with Crippen LogP contribution in [0, 0.1) is 0 Å². The first kappa shape index (κ1) is 15.2. The van der Waals surface area contributed by atoms with E-state index < -0.39 is 0 Å². The summed E-state index contributed by atoms with van der Waals surface area (Å²) in [6, 6.07) is 9.92. The first-order valence-corrected chi connectivity index (χ1v) is 3.92. The van der Waals surface area contributed by atoms with Crippen LogP contribution < -0.4 is 10.8 Å². The lowest BCUT2D eigenvalue weighted by molar-refractivity contribution is -0.118. The third-order valence-electron chi connectivity index (χ3n) is 1.49. The van der Waals surface area contributed by atoms with Gasteiger partial charge in [-0.1, -0.05) is 35.8 Å². The van der Waals surface area contributed by atoms with Crippen LogP contribution in [0.5, 0.6) is 0 Å². The van der Waals surface area contributed by atoms with Gasteiger partial charge in [-0.2, -0.15) is 0 Å². The predicted octanol–water partition coefficient (Wildman–Crippen LogP) is -1.54. The summed E-state index contributed by atoms with van der Waals surface area (Å²) < 4.78 is 0. The van der Waals surface area contributed by atoms with Crippen LogP contribution in [0.15, 0.2) is 30.3 Å². The van der Waals surface area contributed by atoms with Gasteiger partial charge in [-0.3, -0.25) is 4.79 Å². The molecule has 0 aromatic heterocycles. The van der Waals surface area contributed by atoms with Gasteiger partial charge in [0.25, 0.3) is 0 Å². The van der Waals surface area contributed by atoms with E-state index in [0.29, 0.717) is 6.44 Å². The van der Waals surface area contributed by atoms with E-state index >= 15 is 0 Å². The standard InChI is InChI=1S/C9H11BNO.2H2O/c1-8(12)11-7-10-9-5-3-2-4-6-9;;/h2-6H,7H2,1H3,(H,11,12);2*1H2. The molecule has 0 atom stereocenters. The van der Waals surface area contributed by atoms with E-state index in [4.69, 9.17) is 0 Å². The van der Waals surface area contributed by atoms with Gasteiger partial charge in [0.1, 0.15) is 0 Å². The molecule has 1 aromatic rings. The minimum atomic E-state index is 0. The van der Waals surface area contributed by atoms with Crippen molar-refractivity contribution in [2.45, 2.75) is 6.92 Å². The average molecular weight is 196 g/mol. The van der Waals surface area contributed by atoms with E-state index in [1.54, 1.807) is 0 Å². The average Bonchev–Trinajstić information content (AvgIpc) is 2.05. The Kier molecular flexibility index (Phi) is 8.97. The molecule has 77 valence electrons. The van der Waals surface area contributed by atoms with Crippen LogP contribution in [-0.2, 0) is 4.79 Å². The molecule has 0 aliphatic carbocycles. The molecule has 0 fully saturated rings. The molecule has 5 N–H and O–H groups in total. The van der Waals surface area contributed by atoms with Crippen LogP contribution in [0.2, 0.25) is 0 Å². The maximum absolute atomic E-state index is 10.5. The van der Waals surface area contributed by atoms with Gasteiger partial charge in [0.05, 0.1) is 0 Å². The maximum atomic E-state index is 10.5. The highest BCUT2D eigenvalue weighted by Gasteiger charge is 1.94. The van der Waals surface area contributed by atoms with Gasteiger partial charge >= 0.3 is 0 Å². The molecule has 14 heavy (non-hydrogen) atoms. The smallest absolute Gasteiger partial charge is 0.216 e. The highest BCUT2D eigenvalue weighted by Crippen LogP contribution is 1.80. The Morgan fingerprint density at radius 3 is 2.36 bits per heavy atom. The number of carbonyl (C=O) groups is 1. The van der Waals surface area contributed by atoms with Crippen molar-refractivity contribution in [3.63, 3.8) is 0 Å². The SMILES string of the molecule is CC(=O)NC[B]c1ccccc1.O.O. The van der Waals surface area contributed by atoms with E-state index in [0.717, 1.165) is 5.46 Å². The van der Waals surface area contributed by atoms with E-state index in [1.165, 1.54) is 6.92 Å². The van der Waals surface area contributed by atoms with Gasteiger partial charge in [0.2, 0.25) is 5.91 Å². The zero-order chi connectivity index (χ0) is 8.81. The molecule has 0 spiro atoms. The second-order valence-corrected chi connectivity index (χ2v) is 2.55. The fraction of sp³-hybridized carbons (Fsp3) is 0.222. The van der Waals surface area contributed by atoms with Crippen molar-refractivity contribution in [2.75, 3.05) is 6.44 Å². The summed E-state index contributed by atoms with van der Waals surface area (Å²) >= 11 is 0. The molecule has 5 heteroatoms. The van der Waals surface area contributed by atoms with Crippen molar-refractivity contribution >= 4 is 18.6 Å². The van der Waals surface area contributed by atoms with Gasteiger partial charge in [0, 0.05) is 6.92 Å². The van der Waals surface area contributed by atoms with Gasteiger partial charge in [-0.05, 0) is 6.44 Å². The molecule has 0 unspecified atom stereocenters. The molecule has 0 saturated carbocycles. The third kappa shape index (κ3) is 6.22. The van der Waals surface area contributed by atoms with Crippen LogP contribution in [0.25, 0.3) is 0 Å². The van der Waals surface area contributed by atoms with Crippen molar-refractivity contribution in [1.29, 1.82) is 0 Å². The summed E-state index contributed by atoms with van der Waals surface area (Å²) in [6.45, 7) is 1.51. The Labute approximate surface area is 84.2 Å². The summed E-state index contributed by atoms with van der Waals surface area (Å²) in [5.74, 6) is 0.00202. The summed E-state index contributed by atoms with van der Waals surface area (Å²) in [4.78, 5) is 10.5. The second kappa shape index (κ2) is 8.28. The minimum absolute atomic E-state index is 0. The zero-order valence-electron chi connectivity index (χ0n) is 8.08. The van der Waals surface area contributed by atoms with Crippen molar-refractivity contribution in [3.8, 4) is 0 Å². The Morgan fingerprint density at radius 2 is 1.86 bits per heavy atom. The van der Waals surface area contributed by atoms with Gasteiger partial charge in [0.15, 0.2) is 7.28 Å². The number of hydrogen-bond donors (Lipinski definition) is 1. The molecular weight excluding hydrogens is 181 g/mol. The monoisotopic (exact) mass is 196 g/mol. The Bertz CT molecular complexity index is 253. The molecule has 4 nitrogen and oxygen atoms in total. The maximum Gasteiger partial charge on any atom is 0.216 e. The molecule has 1 amide bonds. The summed E-state index contributed by atoms with van der Waals surface area (Å²) in [5, 5.41) is 2.70. The van der Waals surface area contributed by atoms with Crippen molar-refractivity contribution in [1.82, 2.24) is 5.32 Å². The van der Waals surface area contributed by atoms with E-state index in [1.807, 2.05) is 37.6 Å². The van der Waals surface area contributed by atoms with Crippen LogP contribution in [0.1, 0.15) is 6.92 Å². The van der Waals surface area contributed by atoms with Crippen molar-refractivity contribution < 1.29 is 15.7 Å². The number of hydrogen-bond acceptors (Lipinski definition) is 1. The molecule has 0 aliphatic heterocycles. The molecule has 0 heterocycles. The van der Waals surface area contributed by atoms with E-state index in [2.05, 4.69) is 5.32 Å². The predicted molar refractivity (Wildman–Crippen MR) is 57.7 cm³/mol. The quantitative estimate of drug-likeness (QED) is 0.583. The molecule has 1 aromatic carbocycles. The van der Waals surface area contributed by atoms with Crippen molar-refractivity contribution in [2.24, 2.45) is 0 Å². The van der Waals surface area contributed by atoms with Crippen molar-refractivity contribution in [3.05, 3.63) is 30.3 Å². The fourth-order valence-corrected chi connectivity index (χ4v) is 0.902. The van der Waals surface area contributed by atoms with Crippen LogP contribution >= 0.6 is 0 Å². The summed E-state index contributed by atoms with van der Waals surface area (Å²) in [7, 11) is 1.97. The largest absolute Gasteiger partial charge is 0.412 e. The number of carbonyl (C=O) groups excluding carboxylic acids is 1. The van der Waals surface area contributed by atoms with Gasteiger partial charge < -0.3 is 16.3 Å². The molecule has 0 aliphatic rings. The summed E-state index contributed by atoms with van der Waals surface area (Å²) in [6.07, 6.45) is 0.597. The molecule has 1 rings (SSSR count). The molecule has 1 radical (unpaired) electrons. The Hall–Kier alpha value is -1.33. The normalized spacial score (nSPS) is 7.79. The van der Waals surface area contributed by atoms with Gasteiger partial charge in [-0.25, -0.2) is 0 Å². The van der Waals surface area contributed by atoms with Gasteiger partial charge in [-0.15, -0.1) is 0 Å². The van der Waals surface area contributed by atoms with Crippen LogP contribution in [-0.4, -0.2) is 30.6 Å². The number of benzene rings is 1. The number of nitrogens with one attached hydrogen (secondary N) is 1. The molecule has 0 bridgehead atoms. The lowest BCUT2D eigenvalue weighted by Gasteiger charge is -1.99. The topological polar surface area (TPSA) is 92.1 Å². The third-order valence-corrected chi connectivity index (χ3v) is 1.49. The fourth-order valence-electron chi connectivity index (χ4n) is 0.902. The lowest BCUT2D eigenvalue weighted by atomic mass is 9.70. The Balaban J connectivity index is 0. The number of rotatable bonds is 3. The van der Waals surface area contributed by atoms with E-state index in [9.17, 15) is 4.79 Å². The number of amides is 1. The highest BCUT2D eigenvalue weighted by molar-refractivity contribution is 6.53. The lowest BCUT2D eigenvalue weighted by Crippen LogP contribution is -2.30. The zero-order valence-corrected chi connectivity index (χ0v) is 8.08. The molecule has 0 saturated heterocycles. The van der Waals surface area contributed by atoms with Crippen LogP contribution in [0.3, 0.4) is 0 Å². The minimum Gasteiger partial charge on any atom is -0.412 e. The van der Waals surface area contributed by atoms with Crippen LogP contribution in [0.4, 0.5) is 0 Å². The Morgan fingerprint density at radius 1 is 1.29 bits per heavy atom. The van der Waals surface area contributed by atoms with E-state index in [-0.39, 0.29) is 16.9 Å².